The Kier molecular flexibility index (Phi) is 15.7. The number of nitrogens with one attached hydrogen (secondary N) is 4. The van der Waals surface area contributed by atoms with Gasteiger partial charge >= 0.3 is 5.97 Å². The van der Waals surface area contributed by atoms with Crippen molar-refractivity contribution in [2.45, 2.75) is 102 Å². The highest BCUT2D eigenvalue weighted by Crippen LogP contribution is 2.24. The summed E-state index contributed by atoms with van der Waals surface area (Å²) in [4.78, 5) is 92.7. The molecule has 1 aliphatic rings. The molecule has 6 atom stereocenters. The maximum absolute atomic E-state index is 14.0. The first-order valence-electron chi connectivity index (χ1n) is 17.6. The molecule has 0 fully saturated rings. The van der Waals surface area contributed by atoms with Gasteiger partial charge in [0.05, 0.1) is 6.42 Å². The van der Waals surface area contributed by atoms with E-state index in [1.807, 2.05) is 24.3 Å². The number of hydrogen-bond donors (Lipinski definition) is 7. The minimum atomic E-state index is -1.53. The number of fused-ring (bicyclic) bond motifs is 1. The van der Waals surface area contributed by atoms with Gasteiger partial charge in [-0.25, -0.2) is 4.79 Å². The number of rotatable bonds is 19. The number of carbonyl (C=O) groups excluding carboxylic acids is 6. The Bertz CT molecular complexity index is 1590. The van der Waals surface area contributed by atoms with E-state index in [4.69, 9.17) is 11.5 Å². The van der Waals surface area contributed by atoms with Gasteiger partial charge in [-0.2, -0.15) is 0 Å². The summed E-state index contributed by atoms with van der Waals surface area (Å²) in [5.74, 6) is -5.96. The molecule has 9 N–H and O–H groups in total. The summed E-state index contributed by atoms with van der Waals surface area (Å²) in [7, 11) is 0. The molecule has 3 rings (SSSR count). The third-order valence-electron chi connectivity index (χ3n) is 9.27. The molecule has 282 valence electrons. The van der Waals surface area contributed by atoms with E-state index < -0.39 is 78.1 Å². The standard InChI is InChI=1S/C37H51N7O8/c1-4-22(2)32(37(51)52)43-35(49)29(20-31(39)46)41-33(47)27(16-10-11-17-38)40-34(48)28(18-24-12-6-5-7-13-24)42-36(50)30-19-25-14-8-9-15-26(25)21-44(30)23(3)45/h5-9,12-15,22,27-30,32H,4,10-11,16-21,38H2,1-3H3,(H2,39,46)(H,40,48)(H,41,47)(H,42,50)(H,43,49)(H,51,52)/t22-,27-,28-,29-,30-,32-/m0/s1. The fourth-order valence-electron chi connectivity index (χ4n) is 6.07. The summed E-state index contributed by atoms with van der Waals surface area (Å²) in [6.07, 6.45) is 1.11. The van der Waals surface area contributed by atoms with Crippen LogP contribution >= 0.6 is 0 Å². The first-order chi connectivity index (χ1) is 24.7. The molecule has 0 saturated heterocycles. The summed E-state index contributed by atoms with van der Waals surface area (Å²) in [5.41, 5.74) is 13.6. The van der Waals surface area contributed by atoms with E-state index in [-0.39, 0.29) is 31.7 Å². The van der Waals surface area contributed by atoms with Gasteiger partial charge in [-0.05, 0) is 48.4 Å². The lowest BCUT2D eigenvalue weighted by Crippen LogP contribution is -2.60. The van der Waals surface area contributed by atoms with Crippen molar-refractivity contribution in [3.05, 3.63) is 71.3 Å². The van der Waals surface area contributed by atoms with Gasteiger partial charge in [0.25, 0.3) is 0 Å². The van der Waals surface area contributed by atoms with Crippen molar-refractivity contribution >= 4 is 41.4 Å². The number of primary amides is 1. The molecule has 15 nitrogen and oxygen atoms in total. The fraction of sp³-hybridized carbons (Fsp3) is 0.486. The number of carboxylic acids is 1. The molecule has 0 unspecified atom stereocenters. The molecule has 0 aliphatic carbocycles. The minimum absolute atomic E-state index is 0.0534. The smallest absolute Gasteiger partial charge is 0.326 e. The highest BCUT2D eigenvalue weighted by atomic mass is 16.4. The van der Waals surface area contributed by atoms with Crippen LogP contribution in [0.5, 0.6) is 0 Å². The Hall–Kier alpha value is -5.31. The van der Waals surface area contributed by atoms with E-state index in [1.54, 1.807) is 44.2 Å². The maximum atomic E-state index is 14.0. The minimum Gasteiger partial charge on any atom is -0.480 e. The third-order valence-corrected chi connectivity index (χ3v) is 9.27. The van der Waals surface area contributed by atoms with E-state index in [2.05, 4.69) is 21.3 Å². The predicted octanol–water partition coefficient (Wildman–Crippen LogP) is 0.277. The van der Waals surface area contributed by atoms with Crippen LogP contribution in [-0.2, 0) is 52.9 Å². The lowest BCUT2D eigenvalue weighted by Gasteiger charge is -2.36. The molecule has 0 aromatic heterocycles. The maximum Gasteiger partial charge on any atom is 0.326 e. The van der Waals surface area contributed by atoms with Crippen molar-refractivity contribution in [1.82, 2.24) is 26.2 Å². The molecule has 15 heteroatoms. The van der Waals surface area contributed by atoms with Gasteiger partial charge in [-0.1, -0.05) is 74.9 Å². The number of nitrogens with zero attached hydrogens (tertiary/aromatic N) is 1. The Morgan fingerprint density at radius 2 is 1.42 bits per heavy atom. The highest BCUT2D eigenvalue weighted by Gasteiger charge is 2.37. The number of hydrogen-bond acceptors (Lipinski definition) is 8. The van der Waals surface area contributed by atoms with Crippen molar-refractivity contribution in [3.8, 4) is 0 Å². The molecule has 0 radical (unpaired) electrons. The number of aliphatic carboxylic acids is 1. The zero-order valence-electron chi connectivity index (χ0n) is 29.9. The number of benzene rings is 2. The second-order valence-electron chi connectivity index (χ2n) is 13.2. The molecule has 6 amide bonds. The Morgan fingerprint density at radius 3 is 2.02 bits per heavy atom. The van der Waals surface area contributed by atoms with E-state index in [1.165, 1.54) is 11.8 Å². The molecule has 1 aliphatic heterocycles. The molecule has 0 saturated carbocycles. The Labute approximate surface area is 303 Å². The molecular formula is C37H51N7O8. The number of carbonyl (C=O) groups is 7. The van der Waals surface area contributed by atoms with Crippen LogP contribution in [0.3, 0.4) is 0 Å². The van der Waals surface area contributed by atoms with E-state index in [0.29, 0.717) is 25.8 Å². The zero-order chi connectivity index (χ0) is 38.4. The Balaban J connectivity index is 1.87. The van der Waals surface area contributed by atoms with Crippen LogP contribution in [0.1, 0.15) is 69.6 Å². The zero-order valence-corrected chi connectivity index (χ0v) is 29.9. The van der Waals surface area contributed by atoms with Gasteiger partial charge in [0.2, 0.25) is 35.4 Å². The quantitative estimate of drug-likeness (QED) is 0.0984. The van der Waals surface area contributed by atoms with Crippen LogP contribution < -0.4 is 32.7 Å². The topological polar surface area (TPSA) is 243 Å². The largest absolute Gasteiger partial charge is 0.480 e. The van der Waals surface area contributed by atoms with Crippen molar-refractivity contribution in [2.75, 3.05) is 6.54 Å². The molecule has 0 bridgehead atoms. The number of amides is 6. The van der Waals surface area contributed by atoms with Crippen molar-refractivity contribution in [3.63, 3.8) is 0 Å². The molecule has 52 heavy (non-hydrogen) atoms. The normalized spacial score (nSPS) is 16.5. The van der Waals surface area contributed by atoms with Crippen LogP contribution in [-0.4, -0.2) is 88.2 Å². The van der Waals surface area contributed by atoms with Gasteiger partial charge < -0.3 is 42.7 Å². The first kappa shape index (κ1) is 41.1. The van der Waals surface area contributed by atoms with Crippen LogP contribution in [0.4, 0.5) is 0 Å². The third kappa shape index (κ3) is 11.9. The van der Waals surface area contributed by atoms with Gasteiger partial charge in [-0.3, -0.25) is 28.8 Å². The molecular weight excluding hydrogens is 670 g/mol. The van der Waals surface area contributed by atoms with Crippen molar-refractivity contribution < 1.29 is 38.7 Å². The summed E-state index contributed by atoms with van der Waals surface area (Å²) >= 11 is 0. The highest BCUT2D eigenvalue weighted by molar-refractivity contribution is 5.97. The van der Waals surface area contributed by atoms with Gasteiger partial charge in [0.1, 0.15) is 30.2 Å². The summed E-state index contributed by atoms with van der Waals surface area (Å²) in [5, 5.41) is 20.0. The molecule has 2 aromatic carbocycles. The Morgan fingerprint density at radius 1 is 0.827 bits per heavy atom. The lowest BCUT2D eigenvalue weighted by molar-refractivity contribution is -0.144. The lowest BCUT2D eigenvalue weighted by atomic mass is 9.93. The summed E-state index contributed by atoms with van der Waals surface area (Å²) in [6, 6.07) is 10.3. The molecule has 2 aromatic rings. The average molecular weight is 722 g/mol. The number of carboxylic acid groups (broad SMARTS) is 1. The monoisotopic (exact) mass is 721 g/mol. The van der Waals surface area contributed by atoms with E-state index >= 15 is 0 Å². The predicted molar refractivity (Wildman–Crippen MR) is 192 cm³/mol. The SMILES string of the molecule is CC[C@H](C)[C@H](NC(=O)[C@H](CC(N)=O)NC(=O)[C@H](CCCCN)NC(=O)[C@H](Cc1ccccc1)NC(=O)[C@@H]1Cc2ccccc2CN1C(C)=O)C(=O)O. The van der Waals surface area contributed by atoms with Gasteiger partial charge in [0, 0.05) is 26.3 Å². The van der Waals surface area contributed by atoms with E-state index in [0.717, 1.165) is 16.7 Å². The van der Waals surface area contributed by atoms with Gasteiger partial charge in [0.15, 0.2) is 0 Å². The molecule has 0 spiro atoms. The van der Waals surface area contributed by atoms with Crippen LogP contribution in [0.15, 0.2) is 54.6 Å². The average Bonchev–Trinajstić information content (AvgIpc) is 3.11. The first-order valence-corrected chi connectivity index (χ1v) is 17.6. The molecule has 1 heterocycles. The van der Waals surface area contributed by atoms with Crippen molar-refractivity contribution in [1.29, 1.82) is 0 Å². The van der Waals surface area contributed by atoms with Gasteiger partial charge in [-0.15, -0.1) is 0 Å². The summed E-state index contributed by atoms with van der Waals surface area (Å²) in [6.45, 7) is 5.31. The van der Waals surface area contributed by atoms with E-state index in [9.17, 15) is 38.7 Å². The second-order valence-corrected chi connectivity index (χ2v) is 13.2. The number of nitrogens with two attached hydrogens (primary N) is 2. The summed E-state index contributed by atoms with van der Waals surface area (Å²) < 4.78 is 0. The number of unbranched alkanes of at least 4 members (excludes halogenated alkanes) is 1. The fourth-order valence-corrected chi connectivity index (χ4v) is 6.07. The van der Waals surface area contributed by atoms with Crippen molar-refractivity contribution in [2.24, 2.45) is 17.4 Å². The van der Waals surface area contributed by atoms with Crippen LogP contribution in [0.2, 0.25) is 0 Å². The van der Waals surface area contributed by atoms with Crippen LogP contribution in [0.25, 0.3) is 0 Å². The van der Waals surface area contributed by atoms with Crippen LogP contribution in [0, 0.1) is 5.92 Å². The second kappa shape index (κ2) is 19.9.